The van der Waals surface area contributed by atoms with Crippen LogP contribution in [0.4, 0.5) is 0 Å². The topological polar surface area (TPSA) is 18.5 Å². The summed E-state index contributed by atoms with van der Waals surface area (Å²) in [6.07, 6.45) is 0.564. The molecule has 1 unspecified atom stereocenters. The van der Waals surface area contributed by atoms with E-state index < -0.39 is 5.31 Å². The molecule has 0 saturated heterocycles. The molecule has 0 heterocycles. The molecular formula is C26H32BrO2P. The SMILES string of the molecule is CCOC(CC(C)P(Br)(c1ccccc1)(c1ccccc1)c1ccccc1)OCC. The minimum atomic E-state index is -3.02. The van der Waals surface area contributed by atoms with Crippen molar-refractivity contribution < 1.29 is 9.47 Å². The summed E-state index contributed by atoms with van der Waals surface area (Å²) in [6, 6.07) is 32.7. The number of rotatable bonds is 10. The second-order valence-corrected chi connectivity index (χ2v) is 16.5. The quantitative estimate of drug-likeness (QED) is 0.258. The van der Waals surface area contributed by atoms with Gasteiger partial charge in [-0.25, -0.2) is 0 Å². The standard InChI is InChI=1S/C26H32BrO2P/c1-4-28-26(29-5-2)21-22(3)30(27,23-15-9-6-10-16-23,24-17-11-7-12-18-24)25-19-13-8-14-20-25/h6-20,22,26H,4-5,21H2,1-3H3. The van der Waals surface area contributed by atoms with E-state index in [9.17, 15) is 0 Å². The summed E-state index contributed by atoms with van der Waals surface area (Å²) in [4.78, 5) is 0. The van der Waals surface area contributed by atoms with Crippen LogP contribution in [0.5, 0.6) is 0 Å². The minimum absolute atomic E-state index is 0.231. The fourth-order valence-corrected chi connectivity index (χ4v) is 12.3. The fraction of sp³-hybridized carbons (Fsp3) is 0.308. The summed E-state index contributed by atoms with van der Waals surface area (Å²) >= 11 is 4.53. The van der Waals surface area contributed by atoms with Gasteiger partial charge in [0.05, 0.1) is 0 Å². The summed E-state index contributed by atoms with van der Waals surface area (Å²) < 4.78 is 12.0. The fourth-order valence-electron chi connectivity index (χ4n) is 4.40. The number of hydrogen-bond donors (Lipinski definition) is 0. The van der Waals surface area contributed by atoms with Gasteiger partial charge in [-0.3, -0.25) is 0 Å². The van der Waals surface area contributed by atoms with Crippen molar-refractivity contribution in [1.82, 2.24) is 0 Å². The summed E-state index contributed by atoms with van der Waals surface area (Å²) in [5.74, 6) is 0. The van der Waals surface area contributed by atoms with Gasteiger partial charge >= 0.3 is 190 Å². The second kappa shape index (κ2) is 10.2. The first kappa shape index (κ1) is 23.2. The molecule has 0 N–H and O–H groups in total. The molecule has 0 saturated carbocycles. The molecule has 0 aliphatic carbocycles. The summed E-state index contributed by atoms with van der Waals surface area (Å²) in [7, 11) is 0. The first-order chi connectivity index (χ1) is 14.6. The maximum atomic E-state index is 5.98. The van der Waals surface area contributed by atoms with Crippen molar-refractivity contribution in [3.8, 4) is 0 Å². The molecule has 0 aliphatic rings. The Morgan fingerprint density at radius 3 is 1.30 bits per heavy atom. The molecule has 4 heteroatoms. The van der Waals surface area contributed by atoms with Crippen LogP contribution in [-0.2, 0) is 9.47 Å². The van der Waals surface area contributed by atoms with Gasteiger partial charge in [0.15, 0.2) is 0 Å². The number of benzene rings is 3. The van der Waals surface area contributed by atoms with Crippen molar-refractivity contribution in [2.75, 3.05) is 13.2 Å². The zero-order chi connectivity index (χ0) is 21.5. The van der Waals surface area contributed by atoms with E-state index in [1.54, 1.807) is 0 Å². The van der Waals surface area contributed by atoms with Crippen molar-refractivity contribution in [1.29, 1.82) is 0 Å². The molecule has 30 heavy (non-hydrogen) atoms. The molecule has 0 fully saturated rings. The predicted molar refractivity (Wildman–Crippen MR) is 135 cm³/mol. The summed E-state index contributed by atoms with van der Waals surface area (Å²) in [6.45, 7) is 7.66. The van der Waals surface area contributed by atoms with Crippen LogP contribution < -0.4 is 15.9 Å². The summed E-state index contributed by atoms with van der Waals surface area (Å²) in [5.41, 5.74) is 0.242. The molecule has 3 aromatic rings. The van der Waals surface area contributed by atoms with E-state index in [0.29, 0.717) is 13.2 Å². The Balaban J connectivity index is 2.29. The van der Waals surface area contributed by atoms with E-state index in [0.717, 1.165) is 6.42 Å². The Bertz CT molecular complexity index is 797. The van der Waals surface area contributed by atoms with Gasteiger partial charge in [0.2, 0.25) is 0 Å². The van der Waals surface area contributed by atoms with Crippen LogP contribution in [0, 0.1) is 0 Å². The van der Waals surface area contributed by atoms with Crippen LogP contribution in [0.25, 0.3) is 0 Å². The van der Waals surface area contributed by atoms with Gasteiger partial charge in [-0.2, -0.15) is 0 Å². The Morgan fingerprint density at radius 1 is 0.667 bits per heavy atom. The molecule has 0 amide bonds. The molecule has 3 aromatic carbocycles. The third kappa shape index (κ3) is 4.14. The molecule has 0 bridgehead atoms. The molecule has 0 aliphatic heterocycles. The Hall–Kier alpha value is -1.51. The van der Waals surface area contributed by atoms with Crippen LogP contribution >= 0.6 is 20.8 Å². The maximum absolute atomic E-state index is 5.98. The number of hydrogen-bond acceptors (Lipinski definition) is 2. The Morgan fingerprint density at radius 2 is 1.00 bits per heavy atom. The van der Waals surface area contributed by atoms with Gasteiger partial charge in [-0.15, -0.1) is 0 Å². The molecule has 0 spiro atoms. The molecule has 3 rings (SSSR count). The van der Waals surface area contributed by atoms with Gasteiger partial charge in [-0.1, -0.05) is 0 Å². The van der Waals surface area contributed by atoms with Crippen molar-refractivity contribution in [2.45, 2.75) is 39.1 Å². The predicted octanol–water partition coefficient (Wildman–Crippen LogP) is 6.00. The van der Waals surface area contributed by atoms with Crippen LogP contribution in [0.2, 0.25) is 0 Å². The first-order valence-corrected chi connectivity index (χ1v) is 15.0. The van der Waals surface area contributed by atoms with Crippen LogP contribution in [0.1, 0.15) is 27.2 Å². The van der Waals surface area contributed by atoms with Crippen molar-refractivity contribution in [3.63, 3.8) is 0 Å². The Labute approximate surface area is 189 Å². The first-order valence-electron chi connectivity index (χ1n) is 10.7. The average Bonchev–Trinajstić information content (AvgIpc) is 2.80. The molecule has 1 atom stereocenters. The van der Waals surface area contributed by atoms with E-state index in [1.807, 2.05) is 13.8 Å². The van der Waals surface area contributed by atoms with Crippen LogP contribution in [-0.4, -0.2) is 25.2 Å². The van der Waals surface area contributed by atoms with Gasteiger partial charge in [0, 0.05) is 0 Å². The van der Waals surface area contributed by atoms with Gasteiger partial charge in [0.1, 0.15) is 0 Å². The second-order valence-electron chi connectivity index (χ2n) is 7.51. The monoisotopic (exact) mass is 486 g/mol. The van der Waals surface area contributed by atoms with Crippen LogP contribution in [0.3, 0.4) is 0 Å². The molecule has 2 nitrogen and oxygen atoms in total. The number of ether oxygens (including phenoxy) is 2. The number of halogens is 1. The zero-order valence-electron chi connectivity index (χ0n) is 18.1. The van der Waals surface area contributed by atoms with E-state index in [-0.39, 0.29) is 11.9 Å². The average molecular weight is 487 g/mol. The van der Waals surface area contributed by atoms with Gasteiger partial charge < -0.3 is 0 Å². The molecular weight excluding hydrogens is 455 g/mol. The molecule has 0 aromatic heterocycles. The van der Waals surface area contributed by atoms with Gasteiger partial charge in [0.25, 0.3) is 0 Å². The van der Waals surface area contributed by atoms with Crippen LogP contribution in [0.15, 0.2) is 91.0 Å². The Kier molecular flexibility index (Phi) is 7.87. The van der Waals surface area contributed by atoms with Crippen molar-refractivity contribution in [3.05, 3.63) is 91.0 Å². The zero-order valence-corrected chi connectivity index (χ0v) is 20.6. The normalized spacial score (nSPS) is 14.2. The van der Waals surface area contributed by atoms with Crippen molar-refractivity contribution in [2.24, 2.45) is 0 Å². The van der Waals surface area contributed by atoms with E-state index >= 15 is 0 Å². The third-order valence-corrected chi connectivity index (χ3v) is 17.4. The van der Waals surface area contributed by atoms with Gasteiger partial charge in [-0.05, 0) is 0 Å². The summed E-state index contributed by atoms with van der Waals surface area (Å²) in [5, 5.41) is 0.943. The molecule has 160 valence electrons. The van der Waals surface area contributed by atoms with E-state index in [2.05, 4.69) is 113 Å². The third-order valence-electron chi connectivity index (χ3n) is 5.85. The molecule has 0 radical (unpaired) electrons. The van der Waals surface area contributed by atoms with E-state index in [4.69, 9.17) is 9.47 Å². The van der Waals surface area contributed by atoms with Crippen molar-refractivity contribution >= 4 is 36.7 Å². The van der Waals surface area contributed by atoms with E-state index in [1.165, 1.54) is 15.9 Å².